The van der Waals surface area contributed by atoms with E-state index in [0.29, 0.717) is 38.0 Å². The first-order valence-electron chi connectivity index (χ1n) is 8.57. The normalized spacial score (nSPS) is 11.3. The predicted molar refractivity (Wildman–Crippen MR) is 103 cm³/mol. The van der Waals surface area contributed by atoms with Gasteiger partial charge in [-0.2, -0.15) is 0 Å². The molecule has 1 aromatic carbocycles. The van der Waals surface area contributed by atoms with E-state index < -0.39 is 5.91 Å². The number of primary amides is 1. The van der Waals surface area contributed by atoms with E-state index >= 15 is 0 Å². The number of carbonyl (C=O) groups excluding carboxylic acids is 1. The van der Waals surface area contributed by atoms with Crippen LogP contribution in [0.5, 0.6) is 5.75 Å². The Morgan fingerprint density at radius 2 is 1.96 bits per heavy atom. The van der Waals surface area contributed by atoms with Crippen molar-refractivity contribution in [2.75, 3.05) is 27.4 Å². The van der Waals surface area contributed by atoms with Crippen molar-refractivity contribution in [3.63, 3.8) is 0 Å². The van der Waals surface area contributed by atoms with Crippen molar-refractivity contribution in [2.45, 2.75) is 20.0 Å². The number of amides is 1. The summed E-state index contributed by atoms with van der Waals surface area (Å²) in [6.07, 6.45) is 0. The molecule has 2 rings (SSSR count). The smallest absolute Gasteiger partial charge is 0.284 e. The molecule has 0 aliphatic rings. The molecule has 27 heavy (non-hydrogen) atoms. The van der Waals surface area contributed by atoms with E-state index in [1.165, 1.54) is 0 Å². The SMILES string of the molecule is CN=C(NCc1ccc(C(N)=O)o1)NCc1ccc(C)cc1OCCOC. The summed E-state index contributed by atoms with van der Waals surface area (Å²) < 4.78 is 16.2. The number of nitrogens with one attached hydrogen (secondary N) is 2. The maximum Gasteiger partial charge on any atom is 0.284 e. The zero-order chi connectivity index (χ0) is 19.6. The Morgan fingerprint density at radius 1 is 1.19 bits per heavy atom. The molecular weight excluding hydrogens is 348 g/mol. The number of ether oxygens (including phenoxy) is 2. The first-order valence-corrected chi connectivity index (χ1v) is 8.57. The quantitative estimate of drug-likeness (QED) is 0.349. The summed E-state index contributed by atoms with van der Waals surface area (Å²) in [7, 11) is 3.32. The minimum Gasteiger partial charge on any atom is -0.491 e. The monoisotopic (exact) mass is 374 g/mol. The summed E-state index contributed by atoms with van der Waals surface area (Å²) >= 11 is 0. The average molecular weight is 374 g/mol. The van der Waals surface area contributed by atoms with Crippen molar-refractivity contribution in [3.05, 3.63) is 53.0 Å². The molecule has 4 N–H and O–H groups in total. The number of aryl methyl sites for hydroxylation is 1. The summed E-state index contributed by atoms with van der Waals surface area (Å²) in [5.74, 6) is 1.53. The Kier molecular flexibility index (Phi) is 7.69. The van der Waals surface area contributed by atoms with Gasteiger partial charge < -0.3 is 30.3 Å². The van der Waals surface area contributed by atoms with Gasteiger partial charge in [0.25, 0.3) is 5.91 Å². The van der Waals surface area contributed by atoms with Crippen LogP contribution in [0, 0.1) is 6.92 Å². The number of furan rings is 1. The second-order valence-electron chi connectivity index (χ2n) is 5.86. The Hall–Kier alpha value is -3.00. The zero-order valence-corrected chi connectivity index (χ0v) is 15.9. The molecule has 0 bridgehead atoms. The first-order chi connectivity index (χ1) is 13.0. The number of aliphatic imine (C=N–C) groups is 1. The molecule has 8 nitrogen and oxygen atoms in total. The lowest BCUT2D eigenvalue weighted by Crippen LogP contribution is -2.36. The lowest BCUT2D eigenvalue weighted by atomic mass is 10.1. The Balaban J connectivity index is 1.92. The summed E-state index contributed by atoms with van der Waals surface area (Å²) in [6, 6.07) is 9.29. The predicted octanol–water partition coefficient (Wildman–Crippen LogP) is 1.58. The standard InChI is InChI=1S/C19H26N4O4/c1-13-4-5-14(17(10-13)26-9-8-25-3)11-22-19(21-2)23-12-15-6-7-16(27-15)18(20)24/h4-7,10H,8-9,11-12H2,1-3H3,(H2,20,24)(H2,21,22,23). The molecule has 0 unspecified atom stereocenters. The Labute approximate surface area is 158 Å². The summed E-state index contributed by atoms with van der Waals surface area (Å²) in [4.78, 5) is 15.3. The van der Waals surface area contributed by atoms with Gasteiger partial charge in [-0.15, -0.1) is 0 Å². The number of methoxy groups -OCH3 is 1. The van der Waals surface area contributed by atoms with Crippen LogP contribution in [0.1, 0.15) is 27.4 Å². The third kappa shape index (κ3) is 6.34. The van der Waals surface area contributed by atoms with Gasteiger partial charge in [-0.05, 0) is 30.7 Å². The van der Waals surface area contributed by atoms with E-state index in [9.17, 15) is 4.79 Å². The third-order valence-electron chi connectivity index (χ3n) is 3.77. The van der Waals surface area contributed by atoms with E-state index in [0.717, 1.165) is 16.9 Å². The molecule has 1 heterocycles. The fraction of sp³-hybridized carbons (Fsp3) is 0.368. The van der Waals surface area contributed by atoms with Gasteiger partial charge in [0.2, 0.25) is 0 Å². The van der Waals surface area contributed by atoms with Crippen LogP contribution >= 0.6 is 0 Å². The largest absolute Gasteiger partial charge is 0.491 e. The minimum atomic E-state index is -0.593. The van der Waals surface area contributed by atoms with Gasteiger partial charge in [-0.1, -0.05) is 12.1 Å². The van der Waals surface area contributed by atoms with Crippen LogP contribution in [-0.4, -0.2) is 39.2 Å². The zero-order valence-electron chi connectivity index (χ0n) is 15.9. The maximum atomic E-state index is 11.1. The molecule has 0 saturated heterocycles. The average Bonchev–Trinajstić information content (AvgIpc) is 3.13. The molecule has 0 fully saturated rings. The highest BCUT2D eigenvalue weighted by atomic mass is 16.5. The summed E-state index contributed by atoms with van der Waals surface area (Å²) in [5.41, 5.74) is 7.31. The molecule has 0 atom stereocenters. The lowest BCUT2D eigenvalue weighted by molar-refractivity contribution is 0.0972. The highest BCUT2D eigenvalue weighted by Gasteiger charge is 2.09. The molecular formula is C19H26N4O4. The van der Waals surface area contributed by atoms with Crippen LogP contribution in [0.3, 0.4) is 0 Å². The van der Waals surface area contributed by atoms with Gasteiger partial charge >= 0.3 is 0 Å². The van der Waals surface area contributed by atoms with Crippen molar-refractivity contribution in [2.24, 2.45) is 10.7 Å². The van der Waals surface area contributed by atoms with Crippen molar-refractivity contribution in [3.8, 4) is 5.75 Å². The van der Waals surface area contributed by atoms with Crippen molar-refractivity contribution in [1.82, 2.24) is 10.6 Å². The fourth-order valence-electron chi connectivity index (χ4n) is 2.35. The number of hydrogen-bond acceptors (Lipinski definition) is 5. The number of nitrogens with two attached hydrogens (primary N) is 1. The number of benzene rings is 1. The van der Waals surface area contributed by atoms with E-state index in [-0.39, 0.29) is 5.76 Å². The molecule has 0 spiro atoms. The van der Waals surface area contributed by atoms with Crippen LogP contribution in [-0.2, 0) is 17.8 Å². The number of carbonyl (C=O) groups is 1. The molecule has 146 valence electrons. The Bertz CT molecular complexity index is 786. The minimum absolute atomic E-state index is 0.132. The summed E-state index contributed by atoms with van der Waals surface area (Å²) in [5, 5.41) is 6.35. The van der Waals surface area contributed by atoms with E-state index in [1.807, 2.05) is 25.1 Å². The number of rotatable bonds is 9. The van der Waals surface area contributed by atoms with Crippen LogP contribution < -0.4 is 21.1 Å². The van der Waals surface area contributed by atoms with Gasteiger partial charge in [0.1, 0.15) is 18.1 Å². The van der Waals surface area contributed by atoms with E-state index in [4.69, 9.17) is 19.6 Å². The van der Waals surface area contributed by atoms with Crippen LogP contribution in [0.15, 0.2) is 39.7 Å². The number of guanidine groups is 1. The molecule has 1 amide bonds. The topological polar surface area (TPSA) is 111 Å². The molecule has 0 aliphatic carbocycles. The van der Waals surface area contributed by atoms with Crippen molar-refractivity contribution in [1.29, 1.82) is 0 Å². The van der Waals surface area contributed by atoms with Gasteiger partial charge in [0.15, 0.2) is 11.7 Å². The van der Waals surface area contributed by atoms with Crippen molar-refractivity contribution >= 4 is 11.9 Å². The van der Waals surface area contributed by atoms with E-state index in [1.54, 1.807) is 26.3 Å². The number of nitrogens with zero attached hydrogens (tertiary/aromatic N) is 1. The second-order valence-corrected chi connectivity index (χ2v) is 5.86. The molecule has 8 heteroatoms. The number of hydrogen-bond donors (Lipinski definition) is 3. The van der Waals surface area contributed by atoms with Gasteiger partial charge in [-0.3, -0.25) is 9.79 Å². The van der Waals surface area contributed by atoms with Crippen LogP contribution in [0.4, 0.5) is 0 Å². The third-order valence-corrected chi connectivity index (χ3v) is 3.77. The van der Waals surface area contributed by atoms with Gasteiger partial charge in [-0.25, -0.2) is 0 Å². The van der Waals surface area contributed by atoms with Crippen molar-refractivity contribution < 1.29 is 18.7 Å². The van der Waals surface area contributed by atoms with Crippen LogP contribution in [0.2, 0.25) is 0 Å². The fourth-order valence-corrected chi connectivity index (χ4v) is 2.35. The molecule has 0 radical (unpaired) electrons. The molecule has 0 aliphatic heterocycles. The lowest BCUT2D eigenvalue weighted by Gasteiger charge is -2.15. The maximum absolute atomic E-state index is 11.1. The summed E-state index contributed by atoms with van der Waals surface area (Å²) in [6.45, 7) is 3.94. The van der Waals surface area contributed by atoms with Gasteiger partial charge in [0, 0.05) is 26.3 Å². The Morgan fingerprint density at radius 3 is 2.63 bits per heavy atom. The second kappa shape index (κ2) is 10.2. The highest BCUT2D eigenvalue weighted by Crippen LogP contribution is 2.20. The molecule has 0 saturated carbocycles. The molecule has 1 aromatic heterocycles. The van der Waals surface area contributed by atoms with Crippen LogP contribution in [0.25, 0.3) is 0 Å². The highest BCUT2D eigenvalue weighted by molar-refractivity contribution is 5.89. The molecule has 2 aromatic rings. The van der Waals surface area contributed by atoms with Gasteiger partial charge in [0.05, 0.1) is 13.2 Å². The van der Waals surface area contributed by atoms with E-state index in [2.05, 4.69) is 15.6 Å². The first kappa shape index (κ1) is 20.3.